The van der Waals surface area contributed by atoms with Gasteiger partial charge in [0.25, 0.3) is 0 Å². The molecule has 1 aliphatic rings. The molecule has 0 radical (unpaired) electrons. The van der Waals surface area contributed by atoms with Crippen LogP contribution in [-0.4, -0.2) is 10.7 Å². The third kappa shape index (κ3) is 1.86. The van der Waals surface area contributed by atoms with E-state index in [4.69, 9.17) is 0 Å². The summed E-state index contributed by atoms with van der Waals surface area (Å²) in [5, 5.41) is 2.45. The minimum absolute atomic E-state index is 0.0868. The van der Waals surface area contributed by atoms with E-state index in [0.29, 0.717) is 0 Å². The van der Waals surface area contributed by atoms with Crippen LogP contribution in [0.25, 0.3) is 0 Å². The molecule has 1 unspecified atom stereocenters. The zero-order chi connectivity index (χ0) is 8.16. The fourth-order valence-electron chi connectivity index (χ4n) is 1.17. The highest BCUT2D eigenvalue weighted by molar-refractivity contribution is 7.78. The van der Waals surface area contributed by atoms with E-state index < -0.39 is 0 Å². The number of hydrogen-bond donors (Lipinski definition) is 0. The third-order valence-corrected chi connectivity index (χ3v) is 2.10. The van der Waals surface area contributed by atoms with Crippen LogP contribution >= 0.6 is 12.2 Å². The minimum Gasteiger partial charge on any atom is -0.221 e. The van der Waals surface area contributed by atoms with Gasteiger partial charge in [0, 0.05) is 0 Å². The Kier molecular flexibility index (Phi) is 2.75. The van der Waals surface area contributed by atoms with E-state index in [9.17, 15) is 0 Å². The van der Waals surface area contributed by atoms with Crippen molar-refractivity contribution in [1.82, 2.24) is 0 Å². The standard InChI is InChI=1S/C9H11NS/c1-2-9(10-8-11)6-4-3-5-7-9/h3-6H,2,7H2,1H3. The lowest BCUT2D eigenvalue weighted by molar-refractivity contribution is 0.520. The molecule has 58 valence electrons. The van der Waals surface area contributed by atoms with Gasteiger partial charge in [0.2, 0.25) is 0 Å². The monoisotopic (exact) mass is 165 g/mol. The van der Waals surface area contributed by atoms with E-state index in [-0.39, 0.29) is 5.54 Å². The van der Waals surface area contributed by atoms with E-state index in [1.54, 1.807) is 0 Å². The molecular formula is C9H11NS. The van der Waals surface area contributed by atoms with E-state index in [1.807, 2.05) is 12.2 Å². The van der Waals surface area contributed by atoms with Gasteiger partial charge in [-0.3, -0.25) is 0 Å². The van der Waals surface area contributed by atoms with Gasteiger partial charge in [-0.05, 0) is 25.1 Å². The number of thiocarbonyl (C=S) groups is 1. The van der Waals surface area contributed by atoms with Crippen molar-refractivity contribution in [3.63, 3.8) is 0 Å². The van der Waals surface area contributed by atoms with Crippen molar-refractivity contribution >= 4 is 17.4 Å². The van der Waals surface area contributed by atoms with Crippen LogP contribution in [0.1, 0.15) is 19.8 Å². The summed E-state index contributed by atoms with van der Waals surface area (Å²) in [5.41, 5.74) is -0.0868. The van der Waals surface area contributed by atoms with Crippen LogP contribution in [0.15, 0.2) is 29.3 Å². The maximum Gasteiger partial charge on any atom is 0.0925 e. The van der Waals surface area contributed by atoms with E-state index in [1.165, 1.54) is 0 Å². The smallest absolute Gasteiger partial charge is 0.0925 e. The Hall–Kier alpha value is -0.720. The predicted molar refractivity (Wildman–Crippen MR) is 50.9 cm³/mol. The Morgan fingerprint density at radius 1 is 1.64 bits per heavy atom. The van der Waals surface area contributed by atoms with Crippen molar-refractivity contribution in [2.45, 2.75) is 25.3 Å². The van der Waals surface area contributed by atoms with Gasteiger partial charge in [-0.15, -0.1) is 0 Å². The van der Waals surface area contributed by atoms with Gasteiger partial charge in [-0.1, -0.05) is 31.2 Å². The van der Waals surface area contributed by atoms with Crippen molar-refractivity contribution in [3.8, 4) is 0 Å². The summed E-state index contributed by atoms with van der Waals surface area (Å²) in [7, 11) is 0. The number of aliphatic imine (C=N–C) groups is 1. The first-order valence-corrected chi connectivity index (χ1v) is 4.17. The molecule has 0 aromatic rings. The maximum atomic E-state index is 4.60. The topological polar surface area (TPSA) is 12.4 Å². The number of nitrogens with zero attached hydrogens (tertiary/aromatic N) is 1. The van der Waals surface area contributed by atoms with Crippen LogP contribution in [-0.2, 0) is 0 Å². The first kappa shape index (κ1) is 8.38. The molecule has 0 N–H and O–H groups in total. The highest BCUT2D eigenvalue weighted by atomic mass is 32.1. The van der Waals surface area contributed by atoms with E-state index >= 15 is 0 Å². The Morgan fingerprint density at radius 3 is 2.91 bits per heavy atom. The van der Waals surface area contributed by atoms with Crippen LogP contribution < -0.4 is 0 Å². The minimum atomic E-state index is -0.0868. The van der Waals surface area contributed by atoms with Crippen molar-refractivity contribution in [3.05, 3.63) is 24.3 Å². The summed E-state index contributed by atoms with van der Waals surface area (Å²) in [4.78, 5) is 4.16. The molecule has 0 amide bonds. The van der Waals surface area contributed by atoms with Crippen LogP contribution in [0.5, 0.6) is 0 Å². The Morgan fingerprint density at radius 2 is 2.45 bits per heavy atom. The number of hydrogen-bond acceptors (Lipinski definition) is 2. The number of isothiocyanates is 1. The lowest BCUT2D eigenvalue weighted by atomic mass is 9.89. The zero-order valence-electron chi connectivity index (χ0n) is 6.58. The maximum absolute atomic E-state index is 4.60. The molecule has 0 heterocycles. The van der Waals surface area contributed by atoms with Gasteiger partial charge >= 0.3 is 0 Å². The van der Waals surface area contributed by atoms with Gasteiger partial charge in [0.1, 0.15) is 0 Å². The van der Waals surface area contributed by atoms with Gasteiger partial charge in [0.15, 0.2) is 0 Å². The van der Waals surface area contributed by atoms with Crippen molar-refractivity contribution in [2.24, 2.45) is 4.99 Å². The first-order valence-electron chi connectivity index (χ1n) is 3.76. The highest BCUT2D eigenvalue weighted by Gasteiger charge is 2.22. The third-order valence-electron chi connectivity index (χ3n) is 2.01. The van der Waals surface area contributed by atoms with E-state index in [2.05, 4.69) is 41.4 Å². The highest BCUT2D eigenvalue weighted by Crippen LogP contribution is 2.25. The molecule has 1 atom stereocenters. The van der Waals surface area contributed by atoms with E-state index in [0.717, 1.165) is 12.8 Å². The molecule has 1 nitrogen and oxygen atoms in total. The second kappa shape index (κ2) is 3.61. The Balaban J connectivity index is 2.84. The molecule has 0 bridgehead atoms. The average molecular weight is 165 g/mol. The average Bonchev–Trinajstić information content (AvgIpc) is 2.07. The second-order valence-corrected chi connectivity index (χ2v) is 2.83. The summed E-state index contributed by atoms with van der Waals surface area (Å²) in [5.74, 6) is 0. The molecule has 0 aliphatic heterocycles. The molecule has 1 rings (SSSR count). The molecule has 1 aliphatic carbocycles. The summed E-state index contributed by atoms with van der Waals surface area (Å²) < 4.78 is 0. The molecule has 2 heteroatoms. The van der Waals surface area contributed by atoms with Gasteiger partial charge in [-0.2, -0.15) is 0 Å². The Labute approximate surface area is 72.5 Å². The van der Waals surface area contributed by atoms with Crippen LogP contribution in [0.4, 0.5) is 0 Å². The summed E-state index contributed by atoms with van der Waals surface area (Å²) in [6, 6.07) is 0. The summed E-state index contributed by atoms with van der Waals surface area (Å²) in [6.07, 6.45) is 10.2. The van der Waals surface area contributed by atoms with Crippen molar-refractivity contribution in [2.75, 3.05) is 0 Å². The van der Waals surface area contributed by atoms with Crippen molar-refractivity contribution in [1.29, 1.82) is 0 Å². The molecule has 0 fully saturated rings. The quantitative estimate of drug-likeness (QED) is 0.452. The first-order chi connectivity index (χ1) is 5.33. The summed E-state index contributed by atoms with van der Waals surface area (Å²) >= 11 is 4.60. The molecule has 0 saturated heterocycles. The lowest BCUT2D eigenvalue weighted by Crippen LogP contribution is -2.22. The van der Waals surface area contributed by atoms with Crippen LogP contribution in [0.2, 0.25) is 0 Å². The number of allylic oxidation sites excluding steroid dienone is 2. The fraction of sp³-hybridized carbons (Fsp3) is 0.444. The number of rotatable bonds is 2. The SMILES string of the molecule is CCC1(N=C=S)C=CC=CC1. The second-order valence-electron chi connectivity index (χ2n) is 2.65. The van der Waals surface area contributed by atoms with Crippen molar-refractivity contribution < 1.29 is 0 Å². The molecule has 0 aromatic carbocycles. The Bertz CT molecular complexity index is 236. The van der Waals surface area contributed by atoms with Gasteiger partial charge in [0.05, 0.1) is 10.7 Å². The van der Waals surface area contributed by atoms with Gasteiger partial charge in [-0.25, -0.2) is 4.99 Å². The molecule has 0 saturated carbocycles. The fourth-order valence-corrected chi connectivity index (χ4v) is 1.35. The molecule has 0 aromatic heterocycles. The normalized spacial score (nSPS) is 28.1. The lowest BCUT2D eigenvalue weighted by Gasteiger charge is -2.23. The largest absolute Gasteiger partial charge is 0.221 e. The van der Waals surface area contributed by atoms with Crippen LogP contribution in [0.3, 0.4) is 0 Å². The van der Waals surface area contributed by atoms with Crippen LogP contribution in [0, 0.1) is 0 Å². The molecular weight excluding hydrogens is 154 g/mol. The molecule has 11 heavy (non-hydrogen) atoms. The molecule has 0 spiro atoms. The summed E-state index contributed by atoms with van der Waals surface area (Å²) in [6.45, 7) is 2.11. The zero-order valence-corrected chi connectivity index (χ0v) is 7.40. The predicted octanol–water partition coefficient (Wildman–Crippen LogP) is 2.75. The van der Waals surface area contributed by atoms with Gasteiger partial charge < -0.3 is 0 Å².